The Morgan fingerprint density at radius 3 is 1.06 bits per heavy atom. The van der Waals surface area contributed by atoms with E-state index in [9.17, 15) is 10.2 Å². The first-order valence-corrected chi connectivity index (χ1v) is 6.69. The van der Waals surface area contributed by atoms with E-state index in [0.717, 1.165) is 0 Å². The molecule has 1 aromatic rings. The Kier molecular flexibility index (Phi) is 4.94. The van der Waals surface area contributed by atoms with Crippen molar-refractivity contribution in [1.29, 1.82) is 0 Å². The standard InChI is InChI=1S/C16H26O2/c1-9(17)7-15-11(3)13(5)16(8-10(2)18)14(6)12(15)4/h9-10,17-18H,7-8H2,1-6H3. The first kappa shape index (κ1) is 15.2. The van der Waals surface area contributed by atoms with Crippen LogP contribution in [-0.4, -0.2) is 22.4 Å². The van der Waals surface area contributed by atoms with Crippen LogP contribution in [-0.2, 0) is 12.8 Å². The molecule has 0 saturated carbocycles. The maximum atomic E-state index is 9.61. The van der Waals surface area contributed by atoms with Gasteiger partial charge in [-0.15, -0.1) is 0 Å². The van der Waals surface area contributed by atoms with Gasteiger partial charge in [0.1, 0.15) is 0 Å². The topological polar surface area (TPSA) is 40.5 Å². The van der Waals surface area contributed by atoms with Gasteiger partial charge in [-0.2, -0.15) is 0 Å². The smallest absolute Gasteiger partial charge is 0.0552 e. The lowest BCUT2D eigenvalue weighted by molar-refractivity contribution is 0.193. The van der Waals surface area contributed by atoms with Crippen LogP contribution >= 0.6 is 0 Å². The maximum absolute atomic E-state index is 9.61. The molecule has 2 N–H and O–H groups in total. The average Bonchev–Trinajstić information content (AvgIpc) is 2.27. The van der Waals surface area contributed by atoms with Crippen molar-refractivity contribution >= 4 is 0 Å². The minimum atomic E-state index is -0.316. The molecule has 18 heavy (non-hydrogen) atoms. The fourth-order valence-corrected chi connectivity index (χ4v) is 2.67. The normalized spacial score (nSPS) is 14.7. The van der Waals surface area contributed by atoms with E-state index in [4.69, 9.17) is 0 Å². The third-order valence-electron chi connectivity index (χ3n) is 3.93. The molecule has 0 aromatic heterocycles. The van der Waals surface area contributed by atoms with E-state index < -0.39 is 0 Å². The molecule has 0 aliphatic heterocycles. The van der Waals surface area contributed by atoms with Crippen LogP contribution in [0.25, 0.3) is 0 Å². The molecule has 0 spiro atoms. The van der Waals surface area contributed by atoms with Crippen LogP contribution in [0.15, 0.2) is 0 Å². The van der Waals surface area contributed by atoms with Gasteiger partial charge in [-0.25, -0.2) is 0 Å². The van der Waals surface area contributed by atoms with Crippen molar-refractivity contribution in [3.05, 3.63) is 33.4 Å². The number of aliphatic hydroxyl groups is 2. The van der Waals surface area contributed by atoms with E-state index >= 15 is 0 Å². The van der Waals surface area contributed by atoms with E-state index in [2.05, 4.69) is 27.7 Å². The Balaban J connectivity index is 3.35. The Morgan fingerprint density at radius 1 is 0.667 bits per heavy atom. The van der Waals surface area contributed by atoms with E-state index in [-0.39, 0.29) is 12.2 Å². The highest BCUT2D eigenvalue weighted by Gasteiger charge is 2.16. The molecule has 2 atom stereocenters. The molecule has 2 heteroatoms. The molecule has 2 unspecified atom stereocenters. The molecule has 0 radical (unpaired) electrons. The minimum Gasteiger partial charge on any atom is -0.393 e. The highest BCUT2D eigenvalue weighted by molar-refractivity contribution is 5.50. The Hall–Kier alpha value is -0.860. The van der Waals surface area contributed by atoms with Gasteiger partial charge in [0, 0.05) is 0 Å². The first-order valence-electron chi connectivity index (χ1n) is 6.69. The zero-order valence-electron chi connectivity index (χ0n) is 12.5. The number of aliphatic hydroxyl groups excluding tert-OH is 2. The maximum Gasteiger partial charge on any atom is 0.0552 e. The molecule has 102 valence electrons. The highest BCUT2D eigenvalue weighted by atomic mass is 16.3. The minimum absolute atomic E-state index is 0.316. The quantitative estimate of drug-likeness (QED) is 0.862. The van der Waals surface area contributed by atoms with Crippen molar-refractivity contribution in [2.24, 2.45) is 0 Å². The SMILES string of the molecule is Cc1c(C)c(CC(C)O)c(C)c(C)c1CC(C)O. The van der Waals surface area contributed by atoms with E-state index in [1.54, 1.807) is 0 Å². The van der Waals surface area contributed by atoms with Gasteiger partial charge in [-0.05, 0) is 87.8 Å². The van der Waals surface area contributed by atoms with Gasteiger partial charge in [-0.1, -0.05) is 0 Å². The summed E-state index contributed by atoms with van der Waals surface area (Å²) in [6.07, 6.45) is 0.774. The fraction of sp³-hybridized carbons (Fsp3) is 0.625. The summed E-state index contributed by atoms with van der Waals surface area (Å²) in [4.78, 5) is 0. The molecular weight excluding hydrogens is 224 g/mol. The number of hydrogen-bond acceptors (Lipinski definition) is 2. The van der Waals surface area contributed by atoms with Crippen LogP contribution in [0.5, 0.6) is 0 Å². The van der Waals surface area contributed by atoms with Crippen molar-refractivity contribution < 1.29 is 10.2 Å². The summed E-state index contributed by atoms with van der Waals surface area (Å²) in [6, 6.07) is 0. The zero-order chi connectivity index (χ0) is 14.0. The highest BCUT2D eigenvalue weighted by Crippen LogP contribution is 2.28. The van der Waals surface area contributed by atoms with Gasteiger partial charge in [-0.3, -0.25) is 0 Å². The van der Waals surface area contributed by atoms with Gasteiger partial charge in [0.25, 0.3) is 0 Å². The molecule has 1 rings (SSSR count). The van der Waals surface area contributed by atoms with Crippen LogP contribution in [0, 0.1) is 27.7 Å². The molecule has 2 nitrogen and oxygen atoms in total. The Bertz CT molecular complexity index is 361. The third kappa shape index (κ3) is 3.12. The lowest BCUT2D eigenvalue weighted by atomic mass is 9.85. The zero-order valence-corrected chi connectivity index (χ0v) is 12.5. The lowest BCUT2D eigenvalue weighted by Crippen LogP contribution is -2.14. The van der Waals surface area contributed by atoms with Crippen molar-refractivity contribution in [2.75, 3.05) is 0 Å². The van der Waals surface area contributed by atoms with Crippen LogP contribution in [0.3, 0.4) is 0 Å². The van der Waals surface area contributed by atoms with Crippen molar-refractivity contribution in [3.63, 3.8) is 0 Å². The van der Waals surface area contributed by atoms with Gasteiger partial charge in [0.05, 0.1) is 12.2 Å². The van der Waals surface area contributed by atoms with Gasteiger partial charge in [0.15, 0.2) is 0 Å². The molecule has 1 aromatic carbocycles. The predicted molar refractivity (Wildman–Crippen MR) is 76.2 cm³/mol. The summed E-state index contributed by atoms with van der Waals surface area (Å²) in [5.41, 5.74) is 7.55. The van der Waals surface area contributed by atoms with Gasteiger partial charge in [0.2, 0.25) is 0 Å². The molecule has 0 saturated heterocycles. The van der Waals surface area contributed by atoms with E-state index in [1.807, 2.05) is 13.8 Å². The number of hydrogen-bond donors (Lipinski definition) is 2. The predicted octanol–water partition coefficient (Wildman–Crippen LogP) is 2.77. The monoisotopic (exact) mass is 250 g/mol. The second-order valence-corrected chi connectivity index (χ2v) is 5.56. The third-order valence-corrected chi connectivity index (χ3v) is 3.93. The largest absolute Gasteiger partial charge is 0.393 e. The van der Waals surface area contributed by atoms with Gasteiger partial charge >= 0.3 is 0 Å². The number of benzene rings is 1. The van der Waals surface area contributed by atoms with Crippen molar-refractivity contribution in [2.45, 2.75) is 66.6 Å². The van der Waals surface area contributed by atoms with Crippen LogP contribution in [0.2, 0.25) is 0 Å². The Morgan fingerprint density at radius 2 is 0.889 bits per heavy atom. The first-order chi connectivity index (χ1) is 8.25. The summed E-state index contributed by atoms with van der Waals surface area (Å²) in [6.45, 7) is 12.1. The van der Waals surface area contributed by atoms with Crippen LogP contribution in [0.4, 0.5) is 0 Å². The molecule has 0 aliphatic carbocycles. The Labute approximate surface area is 111 Å². The molecule has 0 aliphatic rings. The average molecular weight is 250 g/mol. The molecule has 0 heterocycles. The van der Waals surface area contributed by atoms with E-state index in [1.165, 1.54) is 33.4 Å². The second-order valence-electron chi connectivity index (χ2n) is 5.56. The van der Waals surface area contributed by atoms with E-state index in [0.29, 0.717) is 12.8 Å². The second kappa shape index (κ2) is 5.85. The van der Waals surface area contributed by atoms with Gasteiger partial charge < -0.3 is 10.2 Å². The fourth-order valence-electron chi connectivity index (χ4n) is 2.67. The summed E-state index contributed by atoms with van der Waals surface area (Å²) in [7, 11) is 0. The number of rotatable bonds is 4. The summed E-state index contributed by atoms with van der Waals surface area (Å²) < 4.78 is 0. The lowest BCUT2D eigenvalue weighted by Gasteiger charge is -2.22. The van der Waals surface area contributed by atoms with Crippen LogP contribution in [0.1, 0.15) is 47.2 Å². The summed E-state index contributed by atoms with van der Waals surface area (Å²) in [5.74, 6) is 0. The van der Waals surface area contributed by atoms with Crippen molar-refractivity contribution in [1.82, 2.24) is 0 Å². The molecular formula is C16H26O2. The molecule has 0 bridgehead atoms. The molecule has 0 fully saturated rings. The summed E-state index contributed by atoms with van der Waals surface area (Å²) in [5, 5.41) is 19.2. The van der Waals surface area contributed by atoms with Crippen molar-refractivity contribution in [3.8, 4) is 0 Å². The molecule has 0 amide bonds. The van der Waals surface area contributed by atoms with Crippen LogP contribution < -0.4 is 0 Å². The summed E-state index contributed by atoms with van der Waals surface area (Å²) >= 11 is 0.